The van der Waals surface area contributed by atoms with Crippen molar-refractivity contribution in [1.82, 2.24) is 20.6 Å². The van der Waals surface area contributed by atoms with Gasteiger partial charge in [0.1, 0.15) is 15.8 Å². The lowest BCUT2D eigenvalue weighted by Crippen LogP contribution is -2.36. The van der Waals surface area contributed by atoms with E-state index in [2.05, 4.69) is 32.5 Å². The first kappa shape index (κ1) is 22.8. The van der Waals surface area contributed by atoms with Crippen molar-refractivity contribution in [3.05, 3.63) is 47.6 Å². The molecule has 1 saturated carbocycles. The Morgan fingerprint density at radius 1 is 1.26 bits per heavy atom. The van der Waals surface area contributed by atoms with E-state index in [9.17, 15) is 14.4 Å². The topological polar surface area (TPSA) is 126 Å². The Hall–Kier alpha value is -3.99. The predicted molar refractivity (Wildman–Crippen MR) is 134 cm³/mol. The Bertz CT molecular complexity index is 1350. The minimum Gasteiger partial charge on any atom is -0.474 e. The van der Waals surface area contributed by atoms with Gasteiger partial charge in [0.2, 0.25) is 11.8 Å². The summed E-state index contributed by atoms with van der Waals surface area (Å²) in [5, 5.41) is 8.92. The second-order valence-corrected chi connectivity index (χ2v) is 9.26. The Kier molecular flexibility index (Phi) is 6.08. The molecular formula is C24H24N6O4S. The van der Waals surface area contributed by atoms with Crippen LogP contribution in [0.25, 0.3) is 10.2 Å². The van der Waals surface area contributed by atoms with Gasteiger partial charge in [-0.15, -0.1) is 11.3 Å². The summed E-state index contributed by atoms with van der Waals surface area (Å²) < 4.78 is 5.89. The van der Waals surface area contributed by atoms with Gasteiger partial charge < -0.3 is 20.7 Å². The molecule has 10 nitrogen and oxygen atoms in total. The van der Waals surface area contributed by atoms with Crippen molar-refractivity contribution in [1.29, 1.82) is 0 Å². The molecule has 2 aliphatic rings. The molecule has 0 aromatic carbocycles. The molecule has 0 radical (unpaired) electrons. The molecule has 5 rings (SSSR count). The van der Waals surface area contributed by atoms with Crippen LogP contribution in [0.2, 0.25) is 0 Å². The van der Waals surface area contributed by atoms with E-state index in [4.69, 9.17) is 4.74 Å². The Labute approximate surface area is 205 Å². The van der Waals surface area contributed by atoms with Crippen molar-refractivity contribution in [2.45, 2.75) is 32.3 Å². The summed E-state index contributed by atoms with van der Waals surface area (Å²) in [4.78, 5) is 48.9. The standard InChI is InChI=1S/C24H24N6O4S/c1-3-17(31)25-11-12-26-22(32)21-20-19-16(9-10-27-23(19)35-21)30(24(33)29-20)15-7-8-18(28-13(15)2)34-14-5-4-6-14/h3,7-10,14H,1,4-6,11-12H2,2H3,(H,25,31)(H,26,32)(H,29,33). The molecule has 180 valence electrons. The molecule has 0 unspecified atom stereocenters. The fourth-order valence-electron chi connectivity index (χ4n) is 3.99. The van der Waals surface area contributed by atoms with E-state index in [1.165, 1.54) is 23.8 Å². The third kappa shape index (κ3) is 4.30. The number of ether oxygens (including phenoxy) is 1. The van der Waals surface area contributed by atoms with Crippen molar-refractivity contribution in [2.75, 3.05) is 23.3 Å². The van der Waals surface area contributed by atoms with Crippen molar-refractivity contribution in [2.24, 2.45) is 0 Å². The summed E-state index contributed by atoms with van der Waals surface area (Å²) in [6, 6.07) is 4.96. The van der Waals surface area contributed by atoms with Gasteiger partial charge in [-0.3, -0.25) is 14.5 Å². The molecule has 3 aromatic heterocycles. The number of anilines is 3. The van der Waals surface area contributed by atoms with E-state index in [0.717, 1.165) is 12.8 Å². The van der Waals surface area contributed by atoms with Gasteiger partial charge in [-0.25, -0.2) is 14.8 Å². The zero-order valence-corrected chi connectivity index (χ0v) is 19.9. The minimum atomic E-state index is -0.395. The van der Waals surface area contributed by atoms with Crippen molar-refractivity contribution >= 4 is 56.5 Å². The van der Waals surface area contributed by atoms with Crippen LogP contribution in [-0.4, -0.2) is 47.0 Å². The van der Waals surface area contributed by atoms with Gasteiger partial charge in [0, 0.05) is 25.4 Å². The second-order valence-electron chi connectivity index (χ2n) is 8.26. The Balaban J connectivity index is 1.42. The Morgan fingerprint density at radius 3 is 2.77 bits per heavy atom. The number of nitrogens with zero attached hydrogens (tertiary/aromatic N) is 3. The van der Waals surface area contributed by atoms with Crippen molar-refractivity contribution < 1.29 is 19.1 Å². The van der Waals surface area contributed by atoms with Crippen LogP contribution in [-0.2, 0) is 4.79 Å². The van der Waals surface area contributed by atoms with Crippen LogP contribution in [0.3, 0.4) is 0 Å². The number of carbonyl (C=O) groups is 3. The monoisotopic (exact) mass is 492 g/mol. The average Bonchev–Trinajstić information content (AvgIpc) is 3.19. The molecule has 11 heteroatoms. The van der Waals surface area contributed by atoms with Gasteiger partial charge in [-0.05, 0) is 44.4 Å². The molecule has 3 N–H and O–H groups in total. The summed E-state index contributed by atoms with van der Waals surface area (Å²) in [6.07, 6.45) is 6.23. The van der Waals surface area contributed by atoms with E-state index >= 15 is 0 Å². The summed E-state index contributed by atoms with van der Waals surface area (Å²) in [6.45, 7) is 5.71. The van der Waals surface area contributed by atoms with Gasteiger partial charge >= 0.3 is 6.03 Å². The first-order valence-corrected chi connectivity index (χ1v) is 12.1. The van der Waals surface area contributed by atoms with Gasteiger partial charge in [0.15, 0.2) is 0 Å². The molecule has 1 aliphatic heterocycles. The molecule has 1 fully saturated rings. The average molecular weight is 493 g/mol. The number of urea groups is 1. The molecule has 35 heavy (non-hydrogen) atoms. The number of pyridine rings is 2. The van der Waals surface area contributed by atoms with Gasteiger partial charge in [-0.2, -0.15) is 0 Å². The first-order valence-electron chi connectivity index (χ1n) is 11.3. The highest BCUT2D eigenvalue weighted by atomic mass is 32.1. The zero-order chi connectivity index (χ0) is 24.5. The highest BCUT2D eigenvalue weighted by Gasteiger charge is 2.33. The first-order chi connectivity index (χ1) is 17.0. The van der Waals surface area contributed by atoms with Crippen molar-refractivity contribution in [3.8, 4) is 5.88 Å². The molecular weight excluding hydrogens is 468 g/mol. The quantitative estimate of drug-likeness (QED) is 0.326. The summed E-state index contributed by atoms with van der Waals surface area (Å²) in [5.41, 5.74) is 2.33. The molecule has 0 spiro atoms. The number of nitrogens with one attached hydrogen (secondary N) is 3. The highest BCUT2D eigenvalue weighted by molar-refractivity contribution is 7.21. The normalized spacial score (nSPS) is 14.8. The third-order valence-electron chi connectivity index (χ3n) is 5.96. The van der Waals surface area contributed by atoms with Crippen LogP contribution >= 0.6 is 11.3 Å². The minimum absolute atomic E-state index is 0.210. The van der Waals surface area contributed by atoms with Crippen LogP contribution < -0.4 is 25.6 Å². The maximum absolute atomic E-state index is 13.3. The van der Waals surface area contributed by atoms with Gasteiger partial charge in [0.05, 0.1) is 28.1 Å². The van der Waals surface area contributed by atoms with Crippen LogP contribution in [0.5, 0.6) is 5.88 Å². The number of hydrogen-bond donors (Lipinski definition) is 3. The van der Waals surface area contributed by atoms with Gasteiger partial charge in [0.25, 0.3) is 5.91 Å². The van der Waals surface area contributed by atoms with E-state index in [0.29, 0.717) is 43.7 Å². The fourth-order valence-corrected chi connectivity index (χ4v) is 5.03. The number of hydrogen-bond acceptors (Lipinski definition) is 7. The maximum Gasteiger partial charge on any atom is 0.331 e. The summed E-state index contributed by atoms with van der Waals surface area (Å²) >= 11 is 1.20. The predicted octanol–water partition coefficient (Wildman–Crippen LogP) is 3.65. The van der Waals surface area contributed by atoms with Crippen LogP contribution in [0.4, 0.5) is 21.9 Å². The van der Waals surface area contributed by atoms with Gasteiger partial charge in [-0.1, -0.05) is 6.58 Å². The van der Waals surface area contributed by atoms with E-state index in [-0.39, 0.29) is 31.0 Å². The number of amides is 4. The highest BCUT2D eigenvalue weighted by Crippen LogP contribution is 2.46. The van der Waals surface area contributed by atoms with Crippen LogP contribution in [0.15, 0.2) is 37.1 Å². The molecule has 1 aliphatic carbocycles. The van der Waals surface area contributed by atoms with Crippen LogP contribution in [0, 0.1) is 6.92 Å². The number of carbonyl (C=O) groups excluding carboxylic acids is 3. The summed E-state index contributed by atoms with van der Waals surface area (Å²) in [5.74, 6) is -0.122. The zero-order valence-electron chi connectivity index (χ0n) is 19.1. The molecule has 0 saturated heterocycles. The lowest BCUT2D eigenvalue weighted by molar-refractivity contribution is -0.116. The third-order valence-corrected chi connectivity index (χ3v) is 7.06. The summed E-state index contributed by atoms with van der Waals surface area (Å²) in [7, 11) is 0. The Morgan fingerprint density at radius 2 is 2.06 bits per heavy atom. The SMILES string of the molecule is C=CC(=O)NCCNC(=O)c1sc2nccc3c2c1NC(=O)N3c1ccc(OC2CCC2)nc1C. The number of aryl methyl sites for hydroxylation is 1. The molecule has 0 bridgehead atoms. The maximum atomic E-state index is 13.3. The van der Waals surface area contributed by atoms with E-state index < -0.39 is 6.03 Å². The smallest absolute Gasteiger partial charge is 0.331 e. The van der Waals surface area contributed by atoms with E-state index in [1.807, 2.05) is 13.0 Å². The molecule has 4 amide bonds. The second kappa shape index (κ2) is 9.34. The molecule has 3 aromatic rings. The number of aromatic nitrogens is 2. The number of thiophene rings is 1. The van der Waals surface area contributed by atoms with Crippen LogP contribution in [0.1, 0.15) is 34.6 Å². The molecule has 4 heterocycles. The van der Waals surface area contributed by atoms with E-state index in [1.54, 1.807) is 23.2 Å². The lowest BCUT2D eigenvalue weighted by atomic mass is 9.96. The lowest BCUT2D eigenvalue weighted by Gasteiger charge is -2.30. The molecule has 0 atom stereocenters. The number of rotatable bonds is 8. The van der Waals surface area contributed by atoms with Crippen molar-refractivity contribution in [3.63, 3.8) is 0 Å². The largest absolute Gasteiger partial charge is 0.474 e. The fraction of sp³-hybridized carbons (Fsp3) is 0.292.